The van der Waals surface area contributed by atoms with E-state index < -0.39 is 29.9 Å². The Kier molecular flexibility index (Phi) is 5.75. The minimum atomic E-state index is -1.03. The molecule has 0 bridgehead atoms. The van der Waals surface area contributed by atoms with Crippen LogP contribution in [0.15, 0.2) is 24.3 Å². The van der Waals surface area contributed by atoms with Crippen LogP contribution in [0.4, 0.5) is 0 Å². The quantitative estimate of drug-likeness (QED) is 0.551. The number of carbonyl (C=O) groups is 3. The number of hydrogen-bond acceptors (Lipinski definition) is 5. The predicted molar refractivity (Wildman–Crippen MR) is 85.2 cm³/mol. The topological polar surface area (TPSA) is 133 Å². The van der Waals surface area contributed by atoms with E-state index in [1.165, 1.54) is 17.0 Å². The number of hydrogen-bond donors (Lipinski definition) is 4. The van der Waals surface area contributed by atoms with Crippen LogP contribution in [0.5, 0.6) is 5.75 Å². The maximum Gasteiger partial charge on any atom is 0.326 e. The number of phenolic OH excluding ortho intramolecular Hbond substituents is 1. The van der Waals surface area contributed by atoms with Crippen molar-refractivity contribution >= 4 is 17.8 Å². The van der Waals surface area contributed by atoms with E-state index in [0.29, 0.717) is 19.4 Å². The van der Waals surface area contributed by atoms with Crippen LogP contribution in [-0.4, -0.2) is 58.1 Å². The third kappa shape index (κ3) is 4.45. The molecule has 1 saturated heterocycles. The molecule has 2 atom stereocenters. The Morgan fingerprint density at radius 3 is 2.58 bits per heavy atom. The van der Waals surface area contributed by atoms with Crippen molar-refractivity contribution in [3.63, 3.8) is 0 Å². The Morgan fingerprint density at radius 2 is 1.96 bits per heavy atom. The molecule has 1 aromatic carbocycles. The number of carboxylic acids is 1. The molecule has 1 fully saturated rings. The van der Waals surface area contributed by atoms with Crippen molar-refractivity contribution in [3.05, 3.63) is 29.8 Å². The van der Waals surface area contributed by atoms with Crippen molar-refractivity contribution in [1.82, 2.24) is 10.2 Å². The molecule has 1 aliphatic rings. The molecule has 1 aliphatic heterocycles. The first-order valence-electron chi connectivity index (χ1n) is 7.72. The van der Waals surface area contributed by atoms with Crippen molar-refractivity contribution in [3.8, 4) is 5.75 Å². The maximum absolute atomic E-state index is 12.1. The van der Waals surface area contributed by atoms with Gasteiger partial charge in [-0.1, -0.05) is 12.1 Å². The molecule has 2 rings (SSSR count). The first kappa shape index (κ1) is 17.7. The summed E-state index contributed by atoms with van der Waals surface area (Å²) >= 11 is 0. The van der Waals surface area contributed by atoms with E-state index in [2.05, 4.69) is 5.32 Å². The highest BCUT2D eigenvalue weighted by Gasteiger charge is 2.33. The Labute approximate surface area is 139 Å². The Balaban J connectivity index is 1.82. The van der Waals surface area contributed by atoms with Gasteiger partial charge in [-0.3, -0.25) is 9.59 Å². The second-order valence-electron chi connectivity index (χ2n) is 5.78. The van der Waals surface area contributed by atoms with E-state index in [9.17, 15) is 19.5 Å². The number of nitrogens with zero attached hydrogens (tertiary/aromatic N) is 1. The molecule has 0 saturated carbocycles. The van der Waals surface area contributed by atoms with Gasteiger partial charge in [0.2, 0.25) is 11.8 Å². The average molecular weight is 335 g/mol. The zero-order chi connectivity index (χ0) is 17.7. The number of aliphatic carboxylic acids is 1. The van der Waals surface area contributed by atoms with Gasteiger partial charge in [0.25, 0.3) is 0 Å². The zero-order valence-electron chi connectivity index (χ0n) is 13.1. The van der Waals surface area contributed by atoms with Crippen LogP contribution in [0.3, 0.4) is 0 Å². The van der Waals surface area contributed by atoms with Gasteiger partial charge < -0.3 is 26.2 Å². The SMILES string of the molecule is N[C@@H](Cc1ccc(O)cc1)C(=O)NCC(=O)N1CCC[C@@H]1C(=O)O. The summed E-state index contributed by atoms with van der Waals surface area (Å²) in [6, 6.07) is 4.67. The normalized spacial score (nSPS) is 18.2. The van der Waals surface area contributed by atoms with Crippen molar-refractivity contribution in [1.29, 1.82) is 0 Å². The summed E-state index contributed by atoms with van der Waals surface area (Å²) in [7, 11) is 0. The highest BCUT2D eigenvalue weighted by molar-refractivity contribution is 5.89. The summed E-state index contributed by atoms with van der Waals surface area (Å²) in [6.07, 6.45) is 1.33. The number of carboxylic acid groups (broad SMARTS) is 1. The standard InChI is InChI=1S/C16H21N3O5/c17-12(8-10-3-5-11(20)6-4-10)15(22)18-9-14(21)19-7-1-2-13(19)16(23)24/h3-6,12-13,20H,1-2,7-9,17H2,(H,18,22)(H,23,24)/t12-,13+/m0/s1. The van der Waals surface area contributed by atoms with Gasteiger partial charge in [0, 0.05) is 6.54 Å². The van der Waals surface area contributed by atoms with E-state index in [0.717, 1.165) is 5.56 Å². The van der Waals surface area contributed by atoms with Crippen LogP contribution in [-0.2, 0) is 20.8 Å². The van der Waals surface area contributed by atoms with Gasteiger partial charge in [0.15, 0.2) is 0 Å². The highest BCUT2D eigenvalue weighted by atomic mass is 16.4. The van der Waals surface area contributed by atoms with Crippen LogP contribution in [0.2, 0.25) is 0 Å². The first-order chi connectivity index (χ1) is 11.4. The van der Waals surface area contributed by atoms with Crippen LogP contribution < -0.4 is 11.1 Å². The molecule has 8 nitrogen and oxygen atoms in total. The second-order valence-corrected chi connectivity index (χ2v) is 5.78. The molecule has 0 spiro atoms. The second kappa shape index (κ2) is 7.78. The lowest BCUT2D eigenvalue weighted by Gasteiger charge is -2.22. The van der Waals surface area contributed by atoms with E-state index in [1.54, 1.807) is 12.1 Å². The first-order valence-corrected chi connectivity index (χ1v) is 7.72. The molecular formula is C16H21N3O5. The lowest BCUT2D eigenvalue weighted by molar-refractivity contribution is -0.148. The molecule has 0 aliphatic carbocycles. The fourth-order valence-corrected chi connectivity index (χ4v) is 2.70. The van der Waals surface area contributed by atoms with Crippen molar-refractivity contribution in [2.24, 2.45) is 5.73 Å². The number of nitrogens with one attached hydrogen (secondary N) is 1. The van der Waals surface area contributed by atoms with Gasteiger partial charge in [-0.2, -0.15) is 0 Å². The molecule has 0 radical (unpaired) electrons. The third-order valence-corrected chi connectivity index (χ3v) is 4.00. The van der Waals surface area contributed by atoms with Crippen molar-refractivity contribution < 1.29 is 24.6 Å². The van der Waals surface area contributed by atoms with Gasteiger partial charge in [-0.25, -0.2) is 4.79 Å². The minimum Gasteiger partial charge on any atom is -0.508 e. The number of benzene rings is 1. The molecule has 0 unspecified atom stereocenters. The summed E-state index contributed by atoms with van der Waals surface area (Å²) in [5.41, 5.74) is 6.59. The van der Waals surface area contributed by atoms with Crippen molar-refractivity contribution in [2.45, 2.75) is 31.3 Å². The Bertz CT molecular complexity index is 617. The number of rotatable bonds is 6. The Hall–Kier alpha value is -2.61. The number of nitrogens with two attached hydrogens (primary N) is 1. The summed E-state index contributed by atoms with van der Waals surface area (Å²) in [5, 5.41) is 20.7. The minimum absolute atomic E-state index is 0.126. The molecule has 5 N–H and O–H groups in total. The molecule has 2 amide bonds. The zero-order valence-corrected chi connectivity index (χ0v) is 13.1. The summed E-state index contributed by atoms with van der Waals surface area (Å²) in [4.78, 5) is 36.4. The largest absolute Gasteiger partial charge is 0.508 e. The molecule has 24 heavy (non-hydrogen) atoms. The van der Waals surface area contributed by atoms with Crippen LogP contribution in [0.1, 0.15) is 18.4 Å². The van der Waals surface area contributed by atoms with Gasteiger partial charge in [0.05, 0.1) is 12.6 Å². The summed E-state index contributed by atoms with van der Waals surface area (Å²) < 4.78 is 0. The predicted octanol–water partition coefficient (Wildman–Crippen LogP) is -0.546. The lowest BCUT2D eigenvalue weighted by atomic mass is 10.1. The maximum atomic E-state index is 12.1. The van der Waals surface area contributed by atoms with Gasteiger partial charge in [0.1, 0.15) is 11.8 Å². The highest BCUT2D eigenvalue weighted by Crippen LogP contribution is 2.17. The number of phenols is 1. The van der Waals surface area contributed by atoms with Crippen LogP contribution in [0, 0.1) is 0 Å². The van der Waals surface area contributed by atoms with Gasteiger partial charge in [-0.15, -0.1) is 0 Å². The number of carbonyl (C=O) groups excluding carboxylic acids is 2. The van der Waals surface area contributed by atoms with E-state index in [4.69, 9.17) is 10.8 Å². The average Bonchev–Trinajstić information content (AvgIpc) is 3.04. The van der Waals surface area contributed by atoms with Gasteiger partial charge in [-0.05, 0) is 37.0 Å². The molecule has 1 aromatic rings. The molecule has 0 aromatic heterocycles. The number of aromatic hydroxyl groups is 1. The number of likely N-dealkylation sites (tertiary alicyclic amines) is 1. The van der Waals surface area contributed by atoms with Gasteiger partial charge >= 0.3 is 5.97 Å². The molecule has 130 valence electrons. The number of amides is 2. The van der Waals surface area contributed by atoms with Crippen molar-refractivity contribution in [2.75, 3.05) is 13.1 Å². The summed E-state index contributed by atoms with van der Waals surface area (Å²) in [5.74, 6) is -1.82. The van der Waals surface area contributed by atoms with Crippen LogP contribution in [0.25, 0.3) is 0 Å². The van der Waals surface area contributed by atoms with Crippen LogP contribution >= 0.6 is 0 Å². The summed E-state index contributed by atoms with van der Waals surface area (Å²) in [6.45, 7) is 0.108. The molecule has 1 heterocycles. The van der Waals surface area contributed by atoms with E-state index >= 15 is 0 Å². The smallest absolute Gasteiger partial charge is 0.326 e. The lowest BCUT2D eigenvalue weighted by Crippen LogP contribution is -2.49. The molecular weight excluding hydrogens is 314 g/mol. The van der Waals surface area contributed by atoms with E-state index in [1.807, 2.05) is 0 Å². The van der Waals surface area contributed by atoms with E-state index in [-0.39, 0.29) is 18.7 Å². The Morgan fingerprint density at radius 1 is 1.29 bits per heavy atom. The molecule has 8 heteroatoms. The fraction of sp³-hybridized carbons (Fsp3) is 0.438. The third-order valence-electron chi connectivity index (χ3n) is 4.00. The monoisotopic (exact) mass is 335 g/mol. The fourth-order valence-electron chi connectivity index (χ4n) is 2.70.